The average molecular weight is 306 g/mol. The molecule has 0 aromatic heterocycles. The summed E-state index contributed by atoms with van der Waals surface area (Å²) in [5.74, 6) is -1.30. The number of halogens is 2. The third-order valence-electron chi connectivity index (χ3n) is 3.16. The molecule has 0 atom stereocenters. The molecule has 2 N–H and O–H groups in total. The first-order valence-electron chi connectivity index (χ1n) is 6.62. The minimum Gasteiger partial charge on any atom is -0.332 e. The summed E-state index contributed by atoms with van der Waals surface area (Å²) in [6, 6.07) is 9.28. The van der Waals surface area contributed by atoms with Gasteiger partial charge in [-0.25, -0.2) is 8.78 Å². The van der Waals surface area contributed by atoms with E-state index in [1.807, 2.05) is 25.1 Å². The summed E-state index contributed by atoms with van der Waals surface area (Å²) < 4.78 is 26.5. The zero-order valence-corrected chi connectivity index (χ0v) is 12.7. The maximum Gasteiger partial charge on any atom is 0.175 e. The minimum absolute atomic E-state index is 0.139. The molecule has 2 aromatic carbocycles. The van der Waals surface area contributed by atoms with Crippen LogP contribution in [0, 0.1) is 18.6 Å². The molecule has 0 spiro atoms. The van der Waals surface area contributed by atoms with Crippen LogP contribution in [0.25, 0.3) is 0 Å². The molecule has 5 heteroatoms. The van der Waals surface area contributed by atoms with Crippen LogP contribution in [0.5, 0.6) is 0 Å². The Labute approximate surface area is 128 Å². The Morgan fingerprint density at radius 3 is 2.57 bits per heavy atom. The number of nitrogens with one attached hydrogen (secondary N) is 2. The Balaban J connectivity index is 2.15. The lowest BCUT2D eigenvalue weighted by Gasteiger charge is -2.16. The van der Waals surface area contributed by atoms with Crippen molar-refractivity contribution in [1.29, 1.82) is 0 Å². The molecule has 0 aliphatic rings. The molecule has 2 aromatic rings. The highest BCUT2D eigenvalue weighted by Gasteiger charge is 2.09. The zero-order valence-electron chi connectivity index (χ0n) is 11.8. The van der Waals surface area contributed by atoms with Crippen molar-refractivity contribution in [2.75, 3.05) is 10.6 Å². The van der Waals surface area contributed by atoms with E-state index in [1.54, 1.807) is 0 Å². The Hall–Kier alpha value is -2.01. The molecule has 2 rings (SSSR count). The second kappa shape index (κ2) is 6.63. The number of hydrogen-bond acceptors (Lipinski definition) is 1. The first-order chi connectivity index (χ1) is 10.0. The van der Waals surface area contributed by atoms with Gasteiger partial charge in [0, 0.05) is 11.8 Å². The number of thiocarbonyl (C=S) groups is 1. The molecule has 0 aliphatic heterocycles. The van der Waals surface area contributed by atoms with E-state index in [1.165, 1.54) is 12.1 Å². The smallest absolute Gasteiger partial charge is 0.175 e. The van der Waals surface area contributed by atoms with Gasteiger partial charge < -0.3 is 10.6 Å². The van der Waals surface area contributed by atoms with Gasteiger partial charge in [-0.1, -0.05) is 25.1 Å². The van der Waals surface area contributed by atoms with E-state index in [-0.39, 0.29) is 10.8 Å². The van der Waals surface area contributed by atoms with Crippen molar-refractivity contribution < 1.29 is 8.78 Å². The highest BCUT2D eigenvalue weighted by molar-refractivity contribution is 7.80. The van der Waals surface area contributed by atoms with Crippen LogP contribution in [-0.2, 0) is 6.42 Å². The molecule has 0 saturated heterocycles. The summed E-state index contributed by atoms with van der Waals surface area (Å²) in [5.41, 5.74) is 3.23. The highest BCUT2D eigenvalue weighted by atomic mass is 32.1. The predicted molar refractivity (Wildman–Crippen MR) is 86.8 cm³/mol. The van der Waals surface area contributed by atoms with Gasteiger partial charge in [0.2, 0.25) is 0 Å². The van der Waals surface area contributed by atoms with Crippen molar-refractivity contribution in [3.05, 3.63) is 59.2 Å². The van der Waals surface area contributed by atoms with Crippen LogP contribution < -0.4 is 10.6 Å². The highest BCUT2D eigenvalue weighted by Crippen LogP contribution is 2.22. The topological polar surface area (TPSA) is 24.1 Å². The van der Waals surface area contributed by atoms with Crippen LogP contribution in [0.15, 0.2) is 36.4 Å². The van der Waals surface area contributed by atoms with Gasteiger partial charge in [0.1, 0.15) is 11.6 Å². The van der Waals surface area contributed by atoms with Gasteiger partial charge in [-0.3, -0.25) is 0 Å². The molecule has 0 bridgehead atoms. The zero-order chi connectivity index (χ0) is 15.4. The fourth-order valence-corrected chi connectivity index (χ4v) is 2.27. The molecular weight excluding hydrogens is 290 g/mol. The number of para-hydroxylation sites is 1. The maximum atomic E-state index is 13.6. The van der Waals surface area contributed by atoms with Crippen molar-refractivity contribution in [3.8, 4) is 0 Å². The molecule has 0 radical (unpaired) electrons. The fraction of sp³-hybridized carbons (Fsp3) is 0.188. The molecule has 0 unspecified atom stereocenters. The average Bonchev–Trinajstić information content (AvgIpc) is 2.44. The Morgan fingerprint density at radius 1 is 1.14 bits per heavy atom. The molecular formula is C16H16F2N2S. The third-order valence-corrected chi connectivity index (χ3v) is 3.36. The molecule has 0 aliphatic carbocycles. The molecule has 110 valence electrons. The fourth-order valence-electron chi connectivity index (χ4n) is 2.06. The number of hydrogen-bond donors (Lipinski definition) is 2. The molecule has 21 heavy (non-hydrogen) atoms. The largest absolute Gasteiger partial charge is 0.332 e. The van der Waals surface area contributed by atoms with Crippen molar-refractivity contribution in [2.45, 2.75) is 20.3 Å². The standard InChI is InChI=1S/C16H16F2N2S/c1-3-11-6-4-5-10(2)15(11)20-16(21)19-14-8-7-12(17)9-13(14)18/h4-9H,3H2,1-2H3,(H2,19,20,21). The van der Waals surface area contributed by atoms with E-state index < -0.39 is 11.6 Å². The molecule has 0 heterocycles. The van der Waals surface area contributed by atoms with Crippen LogP contribution in [0.4, 0.5) is 20.2 Å². The summed E-state index contributed by atoms with van der Waals surface area (Å²) >= 11 is 5.20. The number of rotatable bonds is 3. The normalized spacial score (nSPS) is 10.3. The Kier molecular flexibility index (Phi) is 4.85. The predicted octanol–water partition coefficient (Wildman–Crippen LogP) is 4.64. The Morgan fingerprint density at radius 2 is 1.90 bits per heavy atom. The van der Waals surface area contributed by atoms with E-state index in [0.717, 1.165) is 29.3 Å². The van der Waals surface area contributed by atoms with Gasteiger partial charge in [-0.05, 0) is 48.8 Å². The molecule has 0 amide bonds. The van der Waals surface area contributed by atoms with Crippen molar-refractivity contribution in [1.82, 2.24) is 0 Å². The second-order valence-electron chi connectivity index (χ2n) is 4.67. The first-order valence-corrected chi connectivity index (χ1v) is 7.03. The van der Waals surface area contributed by atoms with Crippen LogP contribution in [0.1, 0.15) is 18.1 Å². The lowest BCUT2D eigenvalue weighted by molar-refractivity contribution is 0.586. The van der Waals surface area contributed by atoms with Gasteiger partial charge in [-0.2, -0.15) is 0 Å². The number of aryl methyl sites for hydroxylation is 2. The van der Waals surface area contributed by atoms with Crippen molar-refractivity contribution in [3.63, 3.8) is 0 Å². The summed E-state index contributed by atoms with van der Waals surface area (Å²) in [6.45, 7) is 4.03. The van der Waals surface area contributed by atoms with Crippen LogP contribution in [0.3, 0.4) is 0 Å². The number of anilines is 2. The SMILES string of the molecule is CCc1cccc(C)c1NC(=S)Nc1ccc(F)cc1F. The number of benzene rings is 2. The van der Waals surface area contributed by atoms with E-state index in [0.29, 0.717) is 0 Å². The van der Waals surface area contributed by atoms with Gasteiger partial charge >= 0.3 is 0 Å². The first kappa shape index (κ1) is 15.4. The molecule has 0 fully saturated rings. The van der Waals surface area contributed by atoms with E-state index in [4.69, 9.17) is 12.2 Å². The van der Waals surface area contributed by atoms with Crippen LogP contribution in [-0.4, -0.2) is 5.11 Å². The lowest BCUT2D eigenvalue weighted by Crippen LogP contribution is -2.21. The van der Waals surface area contributed by atoms with E-state index in [2.05, 4.69) is 17.6 Å². The van der Waals surface area contributed by atoms with Crippen molar-refractivity contribution in [2.24, 2.45) is 0 Å². The van der Waals surface area contributed by atoms with E-state index in [9.17, 15) is 8.78 Å². The van der Waals surface area contributed by atoms with Crippen LogP contribution >= 0.6 is 12.2 Å². The minimum atomic E-state index is -0.681. The van der Waals surface area contributed by atoms with Gasteiger partial charge in [0.05, 0.1) is 5.69 Å². The quantitative estimate of drug-likeness (QED) is 0.808. The summed E-state index contributed by atoms with van der Waals surface area (Å²) in [5, 5.41) is 6.09. The summed E-state index contributed by atoms with van der Waals surface area (Å²) in [4.78, 5) is 0. The third kappa shape index (κ3) is 3.76. The van der Waals surface area contributed by atoms with Crippen LogP contribution in [0.2, 0.25) is 0 Å². The van der Waals surface area contributed by atoms with Gasteiger partial charge in [0.15, 0.2) is 5.11 Å². The van der Waals surface area contributed by atoms with Gasteiger partial charge in [0.25, 0.3) is 0 Å². The van der Waals surface area contributed by atoms with Gasteiger partial charge in [-0.15, -0.1) is 0 Å². The molecule has 0 saturated carbocycles. The monoisotopic (exact) mass is 306 g/mol. The maximum absolute atomic E-state index is 13.6. The summed E-state index contributed by atoms with van der Waals surface area (Å²) in [6.07, 6.45) is 0.859. The Bertz CT molecular complexity index is 671. The lowest BCUT2D eigenvalue weighted by atomic mass is 10.1. The van der Waals surface area contributed by atoms with Crippen molar-refractivity contribution >= 4 is 28.7 Å². The second-order valence-corrected chi connectivity index (χ2v) is 5.07. The molecule has 2 nitrogen and oxygen atoms in total. The summed E-state index contributed by atoms with van der Waals surface area (Å²) in [7, 11) is 0. The van der Waals surface area contributed by atoms with E-state index >= 15 is 0 Å².